The second-order valence-electron chi connectivity index (χ2n) is 8.07. The van der Waals surface area contributed by atoms with Crippen molar-refractivity contribution >= 4 is 28.4 Å². The molecule has 3 saturated carbocycles. The maximum absolute atomic E-state index is 12.3. The van der Waals surface area contributed by atoms with Crippen LogP contribution in [0, 0.1) is 17.8 Å². The Morgan fingerprint density at radius 1 is 1.28 bits per heavy atom. The number of aromatic amines is 1. The first-order valence-electron chi connectivity index (χ1n) is 9.21. The number of rotatable bonds is 3. The molecule has 2 aromatic rings. The number of fused-ring (bicyclic) bond motifs is 2. The topological polar surface area (TPSA) is 78.0 Å². The fourth-order valence-corrected chi connectivity index (χ4v) is 5.39. The number of aromatic nitrogens is 2. The summed E-state index contributed by atoms with van der Waals surface area (Å²) in [5.74, 6) is 1.17. The van der Waals surface area contributed by atoms with Gasteiger partial charge in [-0.25, -0.2) is 0 Å². The van der Waals surface area contributed by atoms with E-state index in [1.807, 2.05) is 12.1 Å². The van der Waals surface area contributed by atoms with Gasteiger partial charge in [-0.3, -0.25) is 9.89 Å². The van der Waals surface area contributed by atoms with Crippen LogP contribution >= 0.6 is 11.6 Å². The number of H-pyrrole nitrogens is 1. The van der Waals surface area contributed by atoms with Crippen LogP contribution in [0.3, 0.4) is 0 Å². The largest absolute Gasteiger partial charge is 0.385 e. The molecular weight excluding hydrogens is 338 g/mol. The third kappa shape index (κ3) is 2.48. The van der Waals surface area contributed by atoms with E-state index in [0.29, 0.717) is 29.7 Å². The summed E-state index contributed by atoms with van der Waals surface area (Å²) in [6.45, 7) is 0. The number of hydrogen-bond acceptors (Lipinski definition) is 3. The van der Waals surface area contributed by atoms with Crippen molar-refractivity contribution in [3.63, 3.8) is 0 Å². The summed E-state index contributed by atoms with van der Waals surface area (Å²) in [7, 11) is 0. The van der Waals surface area contributed by atoms with Crippen molar-refractivity contribution in [2.24, 2.45) is 17.8 Å². The maximum atomic E-state index is 12.3. The van der Waals surface area contributed by atoms with Crippen LogP contribution in [0.2, 0.25) is 5.02 Å². The molecule has 2 unspecified atom stereocenters. The van der Waals surface area contributed by atoms with E-state index in [1.165, 1.54) is 12.8 Å². The Kier molecular flexibility index (Phi) is 3.41. The molecule has 0 saturated heterocycles. The van der Waals surface area contributed by atoms with E-state index in [2.05, 4.69) is 15.5 Å². The minimum absolute atomic E-state index is 0.207. The second-order valence-corrected chi connectivity index (χ2v) is 8.50. The Hall–Kier alpha value is -1.59. The average Bonchev–Trinajstić information content (AvgIpc) is 3.12. The SMILES string of the molecule is O=C(NC1[C@H]2CC(O)(c3cc(Cl)cc4[nH]ncc34)C[C@@H]12)C1CCCC1. The highest BCUT2D eigenvalue weighted by Crippen LogP contribution is 2.60. The van der Waals surface area contributed by atoms with E-state index >= 15 is 0 Å². The van der Waals surface area contributed by atoms with E-state index < -0.39 is 5.60 Å². The van der Waals surface area contributed by atoms with Gasteiger partial charge in [-0.1, -0.05) is 24.4 Å². The number of amides is 1. The third-order valence-corrected chi connectivity index (χ3v) is 6.76. The molecule has 3 aliphatic rings. The van der Waals surface area contributed by atoms with Crippen LogP contribution in [0.15, 0.2) is 18.3 Å². The van der Waals surface area contributed by atoms with Crippen molar-refractivity contribution in [1.29, 1.82) is 0 Å². The molecule has 1 heterocycles. The van der Waals surface area contributed by atoms with Crippen LogP contribution in [0.4, 0.5) is 0 Å². The van der Waals surface area contributed by atoms with Crippen LogP contribution in [0.1, 0.15) is 44.1 Å². The quantitative estimate of drug-likeness (QED) is 0.787. The average molecular weight is 360 g/mol. The first kappa shape index (κ1) is 15.6. The number of carbonyl (C=O) groups is 1. The van der Waals surface area contributed by atoms with E-state index in [0.717, 1.165) is 29.3 Å². The molecule has 1 aromatic heterocycles. The van der Waals surface area contributed by atoms with Gasteiger partial charge in [-0.15, -0.1) is 0 Å². The Labute approximate surface area is 151 Å². The lowest BCUT2D eigenvalue weighted by Gasteiger charge is -2.27. The Balaban J connectivity index is 1.32. The number of nitrogens with zero attached hydrogens (tertiary/aromatic N) is 1. The van der Waals surface area contributed by atoms with Crippen molar-refractivity contribution in [1.82, 2.24) is 15.5 Å². The molecule has 3 fully saturated rings. The second kappa shape index (κ2) is 5.45. The van der Waals surface area contributed by atoms with Crippen molar-refractivity contribution in [2.45, 2.75) is 50.2 Å². The first-order chi connectivity index (χ1) is 12.0. The lowest BCUT2D eigenvalue weighted by Crippen LogP contribution is -2.36. The fourth-order valence-electron chi connectivity index (χ4n) is 5.17. The zero-order valence-corrected chi connectivity index (χ0v) is 14.7. The predicted octanol–water partition coefficient (Wildman–Crippen LogP) is 3.12. The molecule has 4 atom stereocenters. The molecule has 6 heteroatoms. The molecule has 0 spiro atoms. The molecule has 3 N–H and O–H groups in total. The number of carbonyl (C=O) groups excluding carboxylic acids is 1. The van der Waals surface area contributed by atoms with Crippen LogP contribution in [0.5, 0.6) is 0 Å². The Morgan fingerprint density at radius 3 is 2.72 bits per heavy atom. The summed E-state index contributed by atoms with van der Waals surface area (Å²) in [4.78, 5) is 12.3. The zero-order valence-electron chi connectivity index (χ0n) is 14.0. The summed E-state index contributed by atoms with van der Waals surface area (Å²) < 4.78 is 0. The smallest absolute Gasteiger partial charge is 0.223 e. The number of halogens is 1. The van der Waals surface area contributed by atoms with E-state index in [1.54, 1.807) is 6.20 Å². The molecule has 0 bridgehead atoms. The lowest BCUT2D eigenvalue weighted by molar-refractivity contribution is -0.125. The van der Waals surface area contributed by atoms with E-state index in [9.17, 15) is 9.90 Å². The third-order valence-electron chi connectivity index (χ3n) is 6.54. The molecule has 1 amide bonds. The summed E-state index contributed by atoms with van der Waals surface area (Å²) >= 11 is 6.22. The van der Waals surface area contributed by atoms with Gasteiger partial charge in [-0.05, 0) is 55.2 Å². The minimum Gasteiger partial charge on any atom is -0.385 e. The van der Waals surface area contributed by atoms with Gasteiger partial charge in [0, 0.05) is 22.4 Å². The highest BCUT2D eigenvalue weighted by atomic mass is 35.5. The van der Waals surface area contributed by atoms with Gasteiger partial charge in [0.2, 0.25) is 5.91 Å². The number of benzene rings is 1. The highest BCUT2D eigenvalue weighted by molar-refractivity contribution is 6.31. The monoisotopic (exact) mass is 359 g/mol. The lowest BCUT2D eigenvalue weighted by atomic mass is 9.86. The Bertz CT molecular complexity index is 830. The van der Waals surface area contributed by atoms with Gasteiger partial charge < -0.3 is 10.4 Å². The molecule has 25 heavy (non-hydrogen) atoms. The number of nitrogens with one attached hydrogen (secondary N) is 2. The van der Waals surface area contributed by atoms with E-state index in [-0.39, 0.29) is 17.9 Å². The highest BCUT2D eigenvalue weighted by Gasteiger charge is 2.62. The predicted molar refractivity (Wildman–Crippen MR) is 95.1 cm³/mol. The molecule has 132 valence electrons. The molecule has 3 aliphatic carbocycles. The molecule has 5 rings (SSSR count). The summed E-state index contributed by atoms with van der Waals surface area (Å²) in [5, 5.41) is 23.0. The summed E-state index contributed by atoms with van der Waals surface area (Å²) in [6.07, 6.45) is 7.50. The molecule has 0 radical (unpaired) electrons. The van der Waals surface area contributed by atoms with Gasteiger partial charge in [0.05, 0.1) is 17.3 Å². The van der Waals surface area contributed by atoms with Gasteiger partial charge in [0.25, 0.3) is 0 Å². The van der Waals surface area contributed by atoms with Crippen LogP contribution in [-0.2, 0) is 10.4 Å². The van der Waals surface area contributed by atoms with Crippen LogP contribution in [-0.4, -0.2) is 27.3 Å². The normalized spacial score (nSPS) is 34.4. The molecular formula is C19H22ClN3O2. The number of hydrogen-bond donors (Lipinski definition) is 3. The van der Waals surface area contributed by atoms with Crippen molar-refractivity contribution in [3.05, 3.63) is 28.9 Å². The zero-order chi connectivity index (χ0) is 17.2. The van der Waals surface area contributed by atoms with Crippen molar-refractivity contribution in [2.75, 3.05) is 0 Å². The van der Waals surface area contributed by atoms with E-state index in [4.69, 9.17) is 11.6 Å². The summed E-state index contributed by atoms with van der Waals surface area (Å²) in [6, 6.07) is 3.93. The van der Waals surface area contributed by atoms with Gasteiger partial charge in [0.1, 0.15) is 0 Å². The summed E-state index contributed by atoms with van der Waals surface area (Å²) in [5.41, 5.74) is 0.830. The van der Waals surface area contributed by atoms with Crippen LogP contribution in [0.25, 0.3) is 10.9 Å². The van der Waals surface area contributed by atoms with Crippen LogP contribution < -0.4 is 5.32 Å². The molecule has 1 aromatic carbocycles. The first-order valence-corrected chi connectivity index (χ1v) is 9.59. The van der Waals surface area contributed by atoms with Crippen molar-refractivity contribution < 1.29 is 9.90 Å². The molecule has 5 nitrogen and oxygen atoms in total. The maximum Gasteiger partial charge on any atom is 0.223 e. The van der Waals surface area contributed by atoms with Crippen molar-refractivity contribution in [3.8, 4) is 0 Å². The Morgan fingerprint density at radius 2 is 2.00 bits per heavy atom. The fraction of sp³-hybridized carbons (Fsp3) is 0.579. The minimum atomic E-state index is -0.878. The molecule has 0 aliphatic heterocycles. The standard InChI is InChI=1S/C19H22ClN3O2/c20-11-5-15(14-9-21-23-16(14)6-11)19(25)7-12-13(8-19)17(12)22-18(24)10-3-1-2-4-10/h5-6,9-10,12-13,17,25H,1-4,7-8H2,(H,21,23)(H,22,24)/t12-,13+,17?,19?. The van der Waals surface area contributed by atoms with Gasteiger partial charge >= 0.3 is 0 Å². The van der Waals surface area contributed by atoms with Gasteiger partial charge in [-0.2, -0.15) is 5.10 Å². The van der Waals surface area contributed by atoms with Gasteiger partial charge in [0.15, 0.2) is 0 Å². The number of aliphatic hydroxyl groups is 1.